The molecule has 1 saturated heterocycles. The van der Waals surface area contributed by atoms with E-state index in [-0.39, 0.29) is 0 Å². The summed E-state index contributed by atoms with van der Waals surface area (Å²) in [6, 6.07) is 29.7. The number of rotatable bonds is 12. The van der Waals surface area contributed by atoms with Crippen LogP contribution in [0.4, 0.5) is 0 Å². The van der Waals surface area contributed by atoms with E-state index in [0.717, 1.165) is 22.4 Å². The van der Waals surface area contributed by atoms with Gasteiger partial charge in [0.05, 0.1) is 26.9 Å². The number of benzene rings is 3. The van der Waals surface area contributed by atoms with Gasteiger partial charge in [-0.15, -0.1) is 11.8 Å². The predicted octanol–water partition coefficient (Wildman–Crippen LogP) is 5.39. The highest BCUT2D eigenvalue weighted by Crippen LogP contribution is 2.35. The largest absolute Gasteiger partial charge is 0.467 e. The minimum Gasteiger partial charge on any atom is -0.467 e. The fraction of sp³-hybridized carbons (Fsp3) is 0.367. The van der Waals surface area contributed by atoms with Crippen molar-refractivity contribution < 1.29 is 28.5 Å². The van der Waals surface area contributed by atoms with Crippen molar-refractivity contribution in [3.05, 3.63) is 108 Å². The van der Waals surface area contributed by atoms with Gasteiger partial charge in [0, 0.05) is 0 Å². The lowest BCUT2D eigenvalue weighted by Crippen LogP contribution is -2.61. The summed E-state index contributed by atoms with van der Waals surface area (Å²) in [5.74, 6) is 0.291. The standard InChI is InChI=1S/C30H34O6S/c1-3-37-30-28(35-21-24-17-11-6-12-18-24)26(34-20-23-15-9-5-10-16-23)25(27(36-30)29(31)32-2)33-19-22-13-7-4-8-14-22/h4-18,25-28,30H,3,19-21H2,1-2H3/t25-,26-,27-,28+,30-/m0/s1. The van der Waals surface area contributed by atoms with E-state index in [1.165, 1.54) is 7.11 Å². The van der Waals surface area contributed by atoms with E-state index in [2.05, 4.69) is 0 Å². The molecule has 0 spiro atoms. The molecular formula is C30H34O6S. The van der Waals surface area contributed by atoms with E-state index in [1.54, 1.807) is 11.8 Å². The molecule has 0 bridgehead atoms. The molecule has 1 fully saturated rings. The summed E-state index contributed by atoms with van der Waals surface area (Å²) in [7, 11) is 1.36. The molecule has 196 valence electrons. The fourth-order valence-corrected chi connectivity index (χ4v) is 5.21. The molecule has 3 aromatic rings. The molecule has 4 rings (SSSR count). The van der Waals surface area contributed by atoms with Gasteiger partial charge in [-0.2, -0.15) is 0 Å². The summed E-state index contributed by atoms with van der Waals surface area (Å²) in [5, 5.41) is 0. The Morgan fingerprint density at radius 3 is 1.57 bits per heavy atom. The van der Waals surface area contributed by atoms with Crippen molar-refractivity contribution in [1.82, 2.24) is 0 Å². The third kappa shape index (κ3) is 7.66. The molecule has 7 heteroatoms. The summed E-state index contributed by atoms with van der Waals surface area (Å²) >= 11 is 1.58. The second-order valence-electron chi connectivity index (χ2n) is 8.69. The van der Waals surface area contributed by atoms with E-state index >= 15 is 0 Å². The monoisotopic (exact) mass is 522 g/mol. The van der Waals surface area contributed by atoms with Crippen molar-refractivity contribution in [1.29, 1.82) is 0 Å². The van der Waals surface area contributed by atoms with Crippen LogP contribution < -0.4 is 0 Å². The van der Waals surface area contributed by atoms with E-state index < -0.39 is 35.8 Å². The van der Waals surface area contributed by atoms with Gasteiger partial charge in [-0.1, -0.05) is 97.9 Å². The van der Waals surface area contributed by atoms with Crippen molar-refractivity contribution >= 4 is 17.7 Å². The first-order valence-electron chi connectivity index (χ1n) is 12.5. The maximum Gasteiger partial charge on any atom is 0.337 e. The molecule has 37 heavy (non-hydrogen) atoms. The average Bonchev–Trinajstić information content (AvgIpc) is 2.95. The first kappa shape index (κ1) is 27.4. The number of carbonyl (C=O) groups excluding carboxylic acids is 1. The van der Waals surface area contributed by atoms with Gasteiger partial charge >= 0.3 is 5.97 Å². The first-order valence-corrected chi connectivity index (χ1v) is 13.6. The van der Waals surface area contributed by atoms with Crippen molar-refractivity contribution in [3.8, 4) is 0 Å². The molecule has 0 aliphatic carbocycles. The Kier molecular flexibility index (Phi) is 10.6. The molecule has 5 atom stereocenters. The zero-order chi connectivity index (χ0) is 25.9. The van der Waals surface area contributed by atoms with Gasteiger partial charge in [0.2, 0.25) is 0 Å². The second-order valence-corrected chi connectivity index (χ2v) is 10.1. The lowest BCUT2D eigenvalue weighted by atomic mass is 9.98. The van der Waals surface area contributed by atoms with Gasteiger partial charge in [-0.3, -0.25) is 0 Å². The van der Waals surface area contributed by atoms with Crippen LogP contribution in [-0.2, 0) is 48.3 Å². The average molecular weight is 523 g/mol. The Hall–Kier alpha value is -2.68. The van der Waals surface area contributed by atoms with Crippen molar-refractivity contribution in [2.24, 2.45) is 0 Å². The zero-order valence-electron chi connectivity index (χ0n) is 21.2. The summed E-state index contributed by atoms with van der Waals surface area (Å²) in [5.41, 5.74) is 2.61. The van der Waals surface area contributed by atoms with Crippen LogP contribution in [0.5, 0.6) is 0 Å². The number of hydrogen-bond acceptors (Lipinski definition) is 7. The highest BCUT2D eigenvalue weighted by molar-refractivity contribution is 7.99. The van der Waals surface area contributed by atoms with Crippen LogP contribution in [0.1, 0.15) is 23.6 Å². The van der Waals surface area contributed by atoms with Crippen LogP contribution >= 0.6 is 11.8 Å². The maximum atomic E-state index is 12.9. The van der Waals surface area contributed by atoms with E-state index in [0.29, 0.717) is 19.8 Å². The Balaban J connectivity index is 1.63. The molecule has 1 heterocycles. The molecule has 6 nitrogen and oxygen atoms in total. The topological polar surface area (TPSA) is 63.2 Å². The zero-order valence-corrected chi connectivity index (χ0v) is 22.0. The number of thioether (sulfide) groups is 1. The quantitative estimate of drug-likeness (QED) is 0.295. The number of carbonyl (C=O) groups is 1. The maximum absolute atomic E-state index is 12.9. The van der Waals surface area contributed by atoms with Gasteiger partial charge in [0.15, 0.2) is 6.10 Å². The van der Waals surface area contributed by atoms with E-state index in [1.807, 2.05) is 97.9 Å². The van der Waals surface area contributed by atoms with Gasteiger partial charge in [-0.05, 0) is 22.4 Å². The highest BCUT2D eigenvalue weighted by Gasteiger charge is 2.51. The minimum absolute atomic E-state index is 0.296. The molecule has 3 aromatic carbocycles. The highest BCUT2D eigenvalue weighted by atomic mass is 32.2. The van der Waals surface area contributed by atoms with Gasteiger partial charge in [-0.25, -0.2) is 4.79 Å². The summed E-state index contributed by atoms with van der Waals surface area (Å²) in [4.78, 5) is 12.9. The normalized spacial score (nSPS) is 23.5. The molecule has 0 N–H and O–H groups in total. The third-order valence-corrected chi connectivity index (χ3v) is 7.16. The minimum atomic E-state index is -0.949. The van der Waals surface area contributed by atoms with Crippen LogP contribution in [0.2, 0.25) is 0 Å². The Labute approximate surface area is 223 Å². The van der Waals surface area contributed by atoms with E-state index in [9.17, 15) is 4.79 Å². The van der Waals surface area contributed by atoms with Gasteiger partial charge in [0.25, 0.3) is 0 Å². The molecule has 0 aromatic heterocycles. The Morgan fingerprint density at radius 2 is 1.14 bits per heavy atom. The summed E-state index contributed by atoms with van der Waals surface area (Å²) in [6.45, 7) is 3.08. The smallest absolute Gasteiger partial charge is 0.337 e. The summed E-state index contributed by atoms with van der Waals surface area (Å²) in [6.07, 6.45) is -2.73. The molecule has 0 saturated carbocycles. The number of methoxy groups -OCH3 is 1. The number of esters is 1. The van der Waals surface area contributed by atoms with Gasteiger partial charge in [0.1, 0.15) is 23.7 Å². The SMILES string of the molecule is CCS[C@@H]1O[C@H](C(=O)OC)[C@@H](OCc2ccccc2)[C@H](OCc2ccccc2)[C@H]1OCc1ccccc1. The third-order valence-electron chi connectivity index (χ3n) is 6.12. The van der Waals surface area contributed by atoms with Crippen LogP contribution in [-0.4, -0.2) is 48.7 Å². The van der Waals surface area contributed by atoms with Crippen molar-refractivity contribution in [2.45, 2.75) is 56.6 Å². The first-order chi connectivity index (χ1) is 18.2. The van der Waals surface area contributed by atoms with E-state index in [4.69, 9.17) is 23.7 Å². The van der Waals surface area contributed by atoms with Crippen LogP contribution in [0, 0.1) is 0 Å². The molecule has 1 aliphatic rings. The fourth-order valence-electron chi connectivity index (χ4n) is 4.26. The lowest BCUT2D eigenvalue weighted by Gasteiger charge is -2.45. The number of ether oxygens (including phenoxy) is 5. The molecule has 0 unspecified atom stereocenters. The van der Waals surface area contributed by atoms with Crippen LogP contribution in [0.3, 0.4) is 0 Å². The molecule has 0 radical (unpaired) electrons. The predicted molar refractivity (Wildman–Crippen MR) is 144 cm³/mol. The Morgan fingerprint density at radius 1 is 0.703 bits per heavy atom. The van der Waals surface area contributed by atoms with Crippen LogP contribution in [0.25, 0.3) is 0 Å². The second kappa shape index (κ2) is 14.3. The molecule has 1 aliphatic heterocycles. The van der Waals surface area contributed by atoms with Crippen molar-refractivity contribution in [3.63, 3.8) is 0 Å². The van der Waals surface area contributed by atoms with Crippen LogP contribution in [0.15, 0.2) is 91.0 Å². The van der Waals surface area contributed by atoms with Gasteiger partial charge < -0.3 is 23.7 Å². The Bertz CT molecular complexity index is 1070. The summed E-state index contributed by atoms with van der Waals surface area (Å²) < 4.78 is 30.8. The molecule has 0 amide bonds. The lowest BCUT2D eigenvalue weighted by molar-refractivity contribution is -0.248. The number of hydrogen-bond donors (Lipinski definition) is 0. The molecular weight excluding hydrogens is 488 g/mol. The van der Waals surface area contributed by atoms with Crippen molar-refractivity contribution in [2.75, 3.05) is 12.9 Å².